The maximum absolute atomic E-state index is 11.7. The first-order chi connectivity index (χ1) is 11.5. The number of thioether (sulfide) groups is 1. The first-order valence-corrected chi connectivity index (χ1v) is 8.81. The molecule has 2 atom stereocenters. The largest absolute Gasteiger partial charge is 0.400 e. The highest BCUT2D eigenvalue weighted by Gasteiger charge is 2.42. The second kappa shape index (κ2) is 5.66. The van der Waals surface area contributed by atoms with Gasteiger partial charge >= 0.3 is 0 Å². The summed E-state index contributed by atoms with van der Waals surface area (Å²) in [5, 5.41) is 4.15. The van der Waals surface area contributed by atoms with Gasteiger partial charge in [-0.15, -0.1) is 0 Å². The van der Waals surface area contributed by atoms with E-state index in [-0.39, 0.29) is 12.0 Å². The summed E-state index contributed by atoms with van der Waals surface area (Å²) in [5.74, 6) is -0.0979. The molecule has 2 unspecified atom stereocenters. The molecular formula is C17H19N5OS. The van der Waals surface area contributed by atoms with Crippen molar-refractivity contribution in [2.24, 2.45) is 27.4 Å². The number of rotatable bonds is 3. The smallest absolute Gasteiger partial charge is 0.257 e. The van der Waals surface area contributed by atoms with Crippen LogP contribution in [-0.4, -0.2) is 23.0 Å². The third-order valence-corrected chi connectivity index (χ3v) is 5.61. The minimum atomic E-state index is -0.506. The summed E-state index contributed by atoms with van der Waals surface area (Å²) in [6.07, 6.45) is 2.28. The van der Waals surface area contributed by atoms with Crippen molar-refractivity contribution in [2.75, 3.05) is 0 Å². The highest BCUT2D eigenvalue weighted by molar-refractivity contribution is 8.18. The first-order valence-electron chi connectivity index (χ1n) is 7.99. The minimum absolute atomic E-state index is 0.191. The third kappa shape index (κ3) is 2.69. The zero-order chi connectivity index (χ0) is 16.8. The van der Waals surface area contributed by atoms with Crippen LogP contribution < -0.4 is 16.8 Å². The molecule has 1 amide bonds. The van der Waals surface area contributed by atoms with E-state index in [0.717, 1.165) is 23.4 Å². The van der Waals surface area contributed by atoms with E-state index in [4.69, 9.17) is 16.5 Å². The topological polar surface area (TPSA) is 106 Å². The van der Waals surface area contributed by atoms with Gasteiger partial charge in [0.25, 0.3) is 5.91 Å². The molecule has 0 radical (unpaired) electrons. The van der Waals surface area contributed by atoms with Crippen molar-refractivity contribution in [1.82, 2.24) is 5.32 Å². The lowest BCUT2D eigenvalue weighted by molar-refractivity contribution is -0.113. The second-order valence-electron chi connectivity index (χ2n) is 6.41. The van der Waals surface area contributed by atoms with Crippen LogP contribution in [0.4, 0.5) is 0 Å². The number of primary amides is 1. The molecule has 4 rings (SSSR count). The maximum atomic E-state index is 11.7. The number of hydrogen-bond donors (Lipinski definition) is 3. The number of guanidine groups is 1. The van der Waals surface area contributed by atoms with Gasteiger partial charge in [0.15, 0.2) is 0 Å². The number of aryl methyl sites for hydroxylation is 1. The predicted octanol–water partition coefficient (Wildman–Crippen LogP) is 1.57. The van der Waals surface area contributed by atoms with Crippen LogP contribution in [0, 0.1) is 12.8 Å². The Morgan fingerprint density at radius 1 is 1.29 bits per heavy atom. The Kier molecular flexibility index (Phi) is 3.60. The Bertz CT molecular complexity index is 792. The van der Waals surface area contributed by atoms with Crippen molar-refractivity contribution in [3.63, 3.8) is 0 Å². The quantitative estimate of drug-likeness (QED) is 0.776. The summed E-state index contributed by atoms with van der Waals surface area (Å²) in [5.41, 5.74) is 14.4. The Morgan fingerprint density at radius 3 is 2.62 bits per heavy atom. The molecule has 0 spiro atoms. The van der Waals surface area contributed by atoms with Gasteiger partial charge < -0.3 is 16.8 Å². The van der Waals surface area contributed by atoms with E-state index < -0.39 is 5.91 Å². The van der Waals surface area contributed by atoms with Crippen LogP contribution in [0.1, 0.15) is 30.0 Å². The maximum Gasteiger partial charge on any atom is 0.257 e. The lowest BCUT2D eigenvalue weighted by Crippen LogP contribution is -2.33. The molecule has 0 saturated heterocycles. The van der Waals surface area contributed by atoms with Crippen molar-refractivity contribution in [3.05, 3.63) is 46.0 Å². The van der Waals surface area contributed by atoms with Gasteiger partial charge in [-0.25, -0.2) is 9.98 Å². The van der Waals surface area contributed by atoms with E-state index in [1.54, 1.807) is 0 Å². The summed E-state index contributed by atoms with van der Waals surface area (Å²) < 4.78 is 0. The van der Waals surface area contributed by atoms with Crippen LogP contribution in [0.3, 0.4) is 0 Å². The zero-order valence-corrected chi connectivity index (χ0v) is 14.1. The number of carbonyl (C=O) groups excluding carboxylic acids is 1. The third-order valence-electron chi connectivity index (χ3n) is 4.42. The molecular weight excluding hydrogens is 322 g/mol. The molecule has 1 aromatic rings. The van der Waals surface area contributed by atoms with E-state index in [1.807, 2.05) is 6.92 Å². The van der Waals surface area contributed by atoms with Gasteiger partial charge in [-0.2, -0.15) is 0 Å². The Morgan fingerprint density at radius 2 is 2.00 bits per heavy atom. The highest BCUT2D eigenvalue weighted by atomic mass is 32.2. The van der Waals surface area contributed by atoms with Gasteiger partial charge in [0.2, 0.25) is 5.96 Å². The van der Waals surface area contributed by atoms with Gasteiger partial charge in [-0.1, -0.05) is 41.6 Å². The standard InChI is InChI=1S/C17H19N5OS/c1-8-2-4-9(5-3-8)13-11-12(18)14(15(19)23)24-16(11)22-17(21-13)20-10-6-7-10/h2-5,10-11,13H,6-7,18H2,1H3,(H2,19,23)(H,20,21). The van der Waals surface area contributed by atoms with Crippen molar-refractivity contribution in [2.45, 2.75) is 31.8 Å². The van der Waals surface area contributed by atoms with Gasteiger partial charge in [0, 0.05) is 11.7 Å². The van der Waals surface area contributed by atoms with Gasteiger partial charge in [-0.3, -0.25) is 4.79 Å². The Labute approximate surface area is 144 Å². The van der Waals surface area contributed by atoms with Crippen molar-refractivity contribution >= 4 is 28.7 Å². The molecule has 124 valence electrons. The number of fused-ring (bicyclic) bond motifs is 1. The Hall–Kier alpha value is -2.28. The lowest BCUT2D eigenvalue weighted by atomic mass is 9.90. The van der Waals surface area contributed by atoms with Crippen molar-refractivity contribution < 1.29 is 4.79 Å². The van der Waals surface area contributed by atoms with Crippen LogP contribution in [0.25, 0.3) is 0 Å². The number of hydrogen-bond acceptors (Lipinski definition) is 6. The van der Waals surface area contributed by atoms with Crippen LogP contribution in [0.15, 0.2) is 44.9 Å². The van der Waals surface area contributed by atoms with Crippen LogP contribution in [-0.2, 0) is 4.79 Å². The monoisotopic (exact) mass is 341 g/mol. The summed E-state index contributed by atoms with van der Waals surface area (Å²) >= 11 is 1.27. The molecule has 3 aliphatic rings. The van der Waals surface area contributed by atoms with Gasteiger partial charge in [-0.05, 0) is 25.3 Å². The molecule has 0 bridgehead atoms. The molecule has 5 N–H and O–H groups in total. The van der Waals surface area contributed by atoms with Crippen molar-refractivity contribution in [1.29, 1.82) is 0 Å². The summed E-state index contributed by atoms with van der Waals surface area (Å²) in [6, 6.07) is 8.49. The summed E-state index contributed by atoms with van der Waals surface area (Å²) in [7, 11) is 0. The average molecular weight is 341 g/mol. The summed E-state index contributed by atoms with van der Waals surface area (Å²) in [4.78, 5) is 21.4. The molecule has 24 heavy (non-hydrogen) atoms. The molecule has 7 heteroatoms. The number of nitrogens with one attached hydrogen (secondary N) is 1. The predicted molar refractivity (Wildman–Crippen MR) is 96.4 cm³/mol. The van der Waals surface area contributed by atoms with E-state index >= 15 is 0 Å². The van der Waals surface area contributed by atoms with Crippen LogP contribution in [0.2, 0.25) is 0 Å². The average Bonchev–Trinajstić information content (AvgIpc) is 3.29. The second-order valence-corrected chi connectivity index (χ2v) is 7.44. The minimum Gasteiger partial charge on any atom is -0.400 e. The van der Waals surface area contributed by atoms with E-state index in [2.05, 4.69) is 34.6 Å². The Balaban J connectivity index is 1.75. The number of aliphatic imine (C=N–C) groups is 2. The first kappa shape index (κ1) is 15.3. The molecule has 0 aromatic heterocycles. The molecule has 1 fully saturated rings. The fraction of sp³-hybridized carbons (Fsp3) is 0.353. The number of amides is 1. The van der Waals surface area contributed by atoms with E-state index in [9.17, 15) is 4.79 Å². The fourth-order valence-electron chi connectivity index (χ4n) is 2.94. The molecule has 2 aliphatic heterocycles. The van der Waals surface area contributed by atoms with E-state index in [0.29, 0.717) is 22.6 Å². The van der Waals surface area contributed by atoms with E-state index in [1.165, 1.54) is 17.3 Å². The highest BCUT2D eigenvalue weighted by Crippen LogP contribution is 2.45. The number of benzene rings is 1. The van der Waals surface area contributed by atoms with Crippen LogP contribution in [0.5, 0.6) is 0 Å². The molecule has 1 aliphatic carbocycles. The number of nitrogens with two attached hydrogens (primary N) is 2. The van der Waals surface area contributed by atoms with Crippen molar-refractivity contribution in [3.8, 4) is 0 Å². The summed E-state index contributed by atoms with van der Waals surface area (Å²) in [6.45, 7) is 2.05. The number of carbonyl (C=O) groups is 1. The molecule has 1 saturated carbocycles. The SMILES string of the molecule is Cc1ccc(C2N=C(NC3CC3)N=C3SC(C(N)=O)=C(N)C32)cc1. The molecule has 1 aromatic carbocycles. The molecule has 6 nitrogen and oxygen atoms in total. The lowest BCUT2D eigenvalue weighted by Gasteiger charge is -2.26. The van der Waals surface area contributed by atoms with Gasteiger partial charge in [0.1, 0.15) is 0 Å². The zero-order valence-electron chi connectivity index (χ0n) is 13.3. The van der Waals surface area contributed by atoms with Gasteiger partial charge in [0.05, 0.1) is 21.9 Å². The number of nitrogens with zero attached hydrogens (tertiary/aromatic N) is 2. The molecule has 2 heterocycles. The van der Waals surface area contributed by atoms with Crippen LogP contribution >= 0.6 is 11.8 Å². The fourth-order valence-corrected chi connectivity index (χ4v) is 4.01. The normalized spacial score (nSPS) is 25.9.